The van der Waals surface area contributed by atoms with Crippen LogP contribution in [0.15, 0.2) is 36.4 Å². The Hall–Kier alpha value is -2.63. The number of rotatable bonds is 3. The van der Waals surface area contributed by atoms with Gasteiger partial charge >= 0.3 is 11.6 Å². The Balaban J connectivity index is 2.46. The number of aromatic nitrogens is 1. The Morgan fingerprint density at radius 2 is 2.00 bits per heavy atom. The molecule has 2 rings (SSSR count). The molecule has 0 aliphatic carbocycles. The van der Waals surface area contributed by atoms with E-state index in [-0.39, 0.29) is 17.3 Å². The second-order valence-electron chi connectivity index (χ2n) is 3.68. The minimum absolute atomic E-state index is 0.0402. The molecule has 2 N–H and O–H groups in total. The number of ether oxygens (including phenoxy) is 1. The standard InChI is InChI=1S/C12H11N3O3/c1-8-7-10(13)11(15(16)17)12(14-8)18-9-5-3-2-4-6-9/h2-7H,1H3,(H2,13,14). The van der Waals surface area contributed by atoms with Crippen molar-refractivity contribution >= 4 is 11.4 Å². The summed E-state index contributed by atoms with van der Waals surface area (Å²) in [5.41, 5.74) is 5.90. The van der Waals surface area contributed by atoms with E-state index >= 15 is 0 Å². The van der Waals surface area contributed by atoms with Crippen molar-refractivity contribution in [2.75, 3.05) is 5.73 Å². The van der Waals surface area contributed by atoms with Crippen LogP contribution in [0.2, 0.25) is 0 Å². The summed E-state index contributed by atoms with van der Waals surface area (Å²) in [6.07, 6.45) is 0. The van der Waals surface area contributed by atoms with Crippen LogP contribution in [-0.2, 0) is 0 Å². The topological polar surface area (TPSA) is 91.3 Å². The number of aryl methyl sites for hydroxylation is 1. The molecule has 0 spiro atoms. The van der Waals surface area contributed by atoms with Gasteiger partial charge in [0.15, 0.2) is 0 Å². The van der Waals surface area contributed by atoms with Gasteiger partial charge in [0.25, 0.3) is 0 Å². The third-order valence-corrected chi connectivity index (χ3v) is 2.26. The Labute approximate surface area is 103 Å². The van der Waals surface area contributed by atoms with Crippen molar-refractivity contribution in [1.29, 1.82) is 0 Å². The van der Waals surface area contributed by atoms with Crippen molar-refractivity contribution in [2.24, 2.45) is 0 Å². The summed E-state index contributed by atoms with van der Waals surface area (Å²) >= 11 is 0. The maximum absolute atomic E-state index is 10.9. The Bertz CT molecular complexity index is 585. The molecule has 0 radical (unpaired) electrons. The minimum atomic E-state index is -0.597. The number of nitrogen functional groups attached to an aromatic ring is 1. The maximum Gasteiger partial charge on any atom is 0.354 e. The zero-order valence-electron chi connectivity index (χ0n) is 9.66. The van der Waals surface area contributed by atoms with Crippen molar-refractivity contribution in [1.82, 2.24) is 4.98 Å². The van der Waals surface area contributed by atoms with Crippen LogP contribution in [0.25, 0.3) is 0 Å². The largest absolute Gasteiger partial charge is 0.434 e. The summed E-state index contributed by atoms with van der Waals surface area (Å²) in [4.78, 5) is 14.4. The fraction of sp³-hybridized carbons (Fsp3) is 0.0833. The lowest BCUT2D eigenvalue weighted by atomic mass is 10.3. The van der Waals surface area contributed by atoms with E-state index in [9.17, 15) is 10.1 Å². The molecule has 0 saturated carbocycles. The molecule has 6 nitrogen and oxygen atoms in total. The second kappa shape index (κ2) is 4.70. The van der Waals surface area contributed by atoms with Crippen molar-refractivity contribution in [3.05, 3.63) is 52.2 Å². The lowest BCUT2D eigenvalue weighted by molar-refractivity contribution is -0.385. The monoisotopic (exact) mass is 245 g/mol. The van der Waals surface area contributed by atoms with Crippen molar-refractivity contribution in [3.8, 4) is 11.6 Å². The highest BCUT2D eigenvalue weighted by atomic mass is 16.6. The summed E-state index contributed by atoms with van der Waals surface area (Å²) in [6.45, 7) is 1.69. The summed E-state index contributed by atoms with van der Waals surface area (Å²) in [5, 5.41) is 10.9. The molecule has 1 heterocycles. The van der Waals surface area contributed by atoms with E-state index in [2.05, 4.69) is 4.98 Å². The van der Waals surface area contributed by atoms with Crippen LogP contribution in [0.1, 0.15) is 5.69 Å². The number of anilines is 1. The van der Waals surface area contributed by atoms with Gasteiger partial charge in [0.05, 0.1) is 4.92 Å². The molecule has 2 aromatic rings. The van der Waals surface area contributed by atoms with E-state index < -0.39 is 4.92 Å². The highest BCUT2D eigenvalue weighted by Crippen LogP contribution is 2.34. The first-order valence-corrected chi connectivity index (χ1v) is 5.22. The smallest absolute Gasteiger partial charge is 0.354 e. The predicted octanol–water partition coefficient (Wildman–Crippen LogP) is 2.67. The predicted molar refractivity (Wildman–Crippen MR) is 66.6 cm³/mol. The van der Waals surface area contributed by atoms with Gasteiger partial charge in [-0.1, -0.05) is 18.2 Å². The van der Waals surface area contributed by atoms with Gasteiger partial charge in [0.1, 0.15) is 11.4 Å². The molecule has 1 aromatic heterocycles. The van der Waals surface area contributed by atoms with Crippen molar-refractivity contribution in [3.63, 3.8) is 0 Å². The molecular formula is C12H11N3O3. The Morgan fingerprint density at radius 1 is 1.33 bits per heavy atom. The molecule has 0 aliphatic heterocycles. The average molecular weight is 245 g/mol. The minimum Gasteiger partial charge on any atom is -0.434 e. The first-order valence-electron chi connectivity index (χ1n) is 5.22. The van der Waals surface area contributed by atoms with Gasteiger partial charge in [-0.2, -0.15) is 0 Å². The second-order valence-corrected chi connectivity index (χ2v) is 3.68. The molecule has 0 unspecified atom stereocenters. The molecule has 0 fully saturated rings. The fourth-order valence-corrected chi connectivity index (χ4v) is 1.52. The molecule has 18 heavy (non-hydrogen) atoms. The SMILES string of the molecule is Cc1cc(N)c([N+](=O)[O-])c(Oc2ccccc2)n1. The third-order valence-electron chi connectivity index (χ3n) is 2.26. The molecule has 0 bridgehead atoms. The number of hydrogen-bond acceptors (Lipinski definition) is 5. The lowest BCUT2D eigenvalue weighted by Gasteiger charge is -2.07. The van der Waals surface area contributed by atoms with Crippen molar-refractivity contribution < 1.29 is 9.66 Å². The molecule has 1 aromatic carbocycles. The highest BCUT2D eigenvalue weighted by Gasteiger charge is 2.22. The summed E-state index contributed by atoms with van der Waals surface area (Å²) in [6, 6.07) is 10.2. The van der Waals surface area contributed by atoms with E-state index in [4.69, 9.17) is 10.5 Å². The lowest BCUT2D eigenvalue weighted by Crippen LogP contribution is -2.02. The van der Waals surface area contributed by atoms with E-state index in [1.54, 1.807) is 31.2 Å². The van der Waals surface area contributed by atoms with Crippen LogP contribution in [-0.4, -0.2) is 9.91 Å². The van der Waals surface area contributed by atoms with Crippen LogP contribution in [0.4, 0.5) is 11.4 Å². The number of pyridine rings is 1. The van der Waals surface area contributed by atoms with Gasteiger partial charge in [0, 0.05) is 5.69 Å². The molecule has 6 heteroatoms. The van der Waals surface area contributed by atoms with Crippen LogP contribution < -0.4 is 10.5 Å². The number of hydrogen-bond donors (Lipinski definition) is 1. The zero-order chi connectivity index (χ0) is 13.1. The van der Waals surface area contributed by atoms with Crippen molar-refractivity contribution in [2.45, 2.75) is 6.92 Å². The number of nitrogens with two attached hydrogens (primary N) is 1. The molecular weight excluding hydrogens is 234 g/mol. The van der Waals surface area contributed by atoms with Gasteiger partial charge < -0.3 is 10.5 Å². The summed E-state index contributed by atoms with van der Waals surface area (Å²) in [7, 11) is 0. The summed E-state index contributed by atoms with van der Waals surface area (Å²) in [5.74, 6) is 0.377. The van der Waals surface area contributed by atoms with E-state index in [1.165, 1.54) is 6.07 Å². The third kappa shape index (κ3) is 2.37. The normalized spacial score (nSPS) is 10.1. The average Bonchev–Trinajstić information content (AvgIpc) is 2.28. The van der Waals surface area contributed by atoms with Crippen LogP contribution in [0.5, 0.6) is 11.6 Å². The van der Waals surface area contributed by atoms with Crippen LogP contribution in [0, 0.1) is 17.0 Å². The zero-order valence-corrected chi connectivity index (χ0v) is 9.66. The Kier molecular flexibility index (Phi) is 3.09. The number of benzene rings is 1. The highest BCUT2D eigenvalue weighted by molar-refractivity contribution is 5.64. The summed E-state index contributed by atoms with van der Waals surface area (Å²) < 4.78 is 5.40. The fourth-order valence-electron chi connectivity index (χ4n) is 1.52. The molecule has 92 valence electrons. The van der Waals surface area contributed by atoms with E-state index in [0.717, 1.165) is 0 Å². The first kappa shape index (κ1) is 11.8. The van der Waals surface area contributed by atoms with Crippen LogP contribution in [0.3, 0.4) is 0 Å². The molecule has 0 amide bonds. The van der Waals surface area contributed by atoms with E-state index in [1.807, 2.05) is 6.07 Å². The van der Waals surface area contributed by atoms with Gasteiger partial charge in [-0.25, -0.2) is 4.98 Å². The number of nitro groups is 1. The maximum atomic E-state index is 10.9. The van der Waals surface area contributed by atoms with Crippen LogP contribution >= 0.6 is 0 Å². The van der Waals surface area contributed by atoms with E-state index in [0.29, 0.717) is 11.4 Å². The van der Waals surface area contributed by atoms with Gasteiger partial charge in [-0.15, -0.1) is 0 Å². The quantitative estimate of drug-likeness (QED) is 0.663. The van der Waals surface area contributed by atoms with Gasteiger partial charge in [0.2, 0.25) is 0 Å². The Morgan fingerprint density at radius 3 is 2.61 bits per heavy atom. The van der Waals surface area contributed by atoms with Gasteiger partial charge in [-0.3, -0.25) is 10.1 Å². The van der Waals surface area contributed by atoms with Gasteiger partial charge in [-0.05, 0) is 25.1 Å². The molecule has 0 atom stereocenters. The molecule has 0 saturated heterocycles. The first-order chi connectivity index (χ1) is 8.58. The molecule has 0 aliphatic rings. The number of para-hydroxylation sites is 1. The number of nitrogens with zero attached hydrogens (tertiary/aromatic N) is 2.